The van der Waals surface area contributed by atoms with E-state index in [1.54, 1.807) is 0 Å². The van der Waals surface area contributed by atoms with E-state index in [2.05, 4.69) is 0 Å². The summed E-state index contributed by atoms with van der Waals surface area (Å²) in [4.78, 5) is 0. The first-order valence-corrected chi connectivity index (χ1v) is 5.98. The third kappa shape index (κ3) is 3.62. The highest BCUT2D eigenvalue weighted by Gasteiger charge is 2.22. The molecule has 0 amide bonds. The molecule has 0 aliphatic rings. The van der Waals surface area contributed by atoms with E-state index >= 15 is 0 Å². The van der Waals surface area contributed by atoms with Gasteiger partial charge in [-0.1, -0.05) is 48.5 Å². The van der Waals surface area contributed by atoms with Gasteiger partial charge in [-0.15, -0.1) is 0 Å². The monoisotopic (exact) mass is 241 g/mol. The van der Waals surface area contributed by atoms with Crippen LogP contribution in [0.15, 0.2) is 60.7 Å². The van der Waals surface area contributed by atoms with Gasteiger partial charge in [-0.25, -0.2) is 0 Å². The maximum atomic E-state index is 5.82. The van der Waals surface area contributed by atoms with Gasteiger partial charge < -0.3 is 15.0 Å². The predicted molar refractivity (Wildman–Crippen MR) is 73.9 cm³/mol. The summed E-state index contributed by atoms with van der Waals surface area (Å²) in [6.45, 7) is 0.938. The highest BCUT2D eigenvalue weighted by atomic mass is 16.6. The number of nitrogens with two attached hydrogens (primary N) is 1. The van der Waals surface area contributed by atoms with E-state index in [0.717, 1.165) is 11.2 Å². The van der Waals surface area contributed by atoms with E-state index in [-0.39, 0.29) is 0 Å². The number of para-hydroxylation sites is 1. The SMILES string of the molecule is NCCOB(Oc1ccccc1)c1ccccc1. The number of hydrogen-bond acceptors (Lipinski definition) is 3. The summed E-state index contributed by atoms with van der Waals surface area (Å²) in [5.41, 5.74) is 6.45. The average molecular weight is 241 g/mol. The van der Waals surface area contributed by atoms with E-state index in [1.807, 2.05) is 60.7 Å². The molecule has 0 radical (unpaired) electrons. The molecule has 0 aliphatic carbocycles. The number of hydrogen-bond donors (Lipinski definition) is 1. The first-order valence-electron chi connectivity index (χ1n) is 5.98. The Hall–Kier alpha value is -1.78. The zero-order chi connectivity index (χ0) is 12.6. The molecule has 0 heterocycles. The molecule has 2 rings (SSSR count). The van der Waals surface area contributed by atoms with E-state index in [4.69, 9.17) is 15.0 Å². The van der Waals surface area contributed by atoms with Crippen LogP contribution in [0.5, 0.6) is 5.75 Å². The summed E-state index contributed by atoms with van der Waals surface area (Å²) in [5.74, 6) is 0.781. The molecule has 18 heavy (non-hydrogen) atoms. The van der Waals surface area contributed by atoms with Crippen LogP contribution >= 0.6 is 0 Å². The minimum Gasteiger partial charge on any atom is -0.532 e. The third-order valence-electron chi connectivity index (χ3n) is 2.45. The van der Waals surface area contributed by atoms with Crippen molar-refractivity contribution >= 4 is 12.6 Å². The minimum atomic E-state index is -0.419. The second-order valence-corrected chi connectivity index (χ2v) is 3.83. The molecule has 0 saturated heterocycles. The minimum absolute atomic E-state index is 0.419. The molecule has 0 atom stereocenters. The van der Waals surface area contributed by atoms with Gasteiger partial charge in [0.1, 0.15) is 5.75 Å². The van der Waals surface area contributed by atoms with Crippen molar-refractivity contribution in [2.75, 3.05) is 13.2 Å². The Labute approximate surface area is 108 Å². The van der Waals surface area contributed by atoms with Gasteiger partial charge in [0, 0.05) is 13.2 Å². The van der Waals surface area contributed by atoms with Crippen molar-refractivity contribution in [3.8, 4) is 5.75 Å². The van der Waals surface area contributed by atoms with Gasteiger partial charge in [0.2, 0.25) is 0 Å². The van der Waals surface area contributed by atoms with Crippen molar-refractivity contribution in [3.05, 3.63) is 60.7 Å². The first kappa shape index (κ1) is 12.7. The number of benzene rings is 2. The van der Waals surface area contributed by atoms with Crippen molar-refractivity contribution in [2.45, 2.75) is 0 Å². The standard InChI is InChI=1S/C14H16BNO2/c16-11-12-17-15(13-7-3-1-4-8-13)18-14-9-5-2-6-10-14/h1-10H,11-12,16H2. The molecule has 0 fully saturated rings. The van der Waals surface area contributed by atoms with Gasteiger partial charge in [-0.2, -0.15) is 0 Å². The fraction of sp³-hybridized carbons (Fsp3) is 0.143. The van der Waals surface area contributed by atoms with Crippen LogP contribution in [0.3, 0.4) is 0 Å². The fourth-order valence-corrected chi connectivity index (χ4v) is 1.61. The molecule has 0 unspecified atom stereocenters. The van der Waals surface area contributed by atoms with Gasteiger partial charge >= 0.3 is 7.12 Å². The second-order valence-electron chi connectivity index (χ2n) is 3.83. The van der Waals surface area contributed by atoms with Crippen molar-refractivity contribution in [1.29, 1.82) is 0 Å². The summed E-state index contributed by atoms with van der Waals surface area (Å²) in [6.07, 6.45) is 0. The molecule has 0 saturated carbocycles. The predicted octanol–water partition coefficient (Wildman–Crippen LogP) is 1.44. The smallest absolute Gasteiger partial charge is 0.532 e. The van der Waals surface area contributed by atoms with E-state index < -0.39 is 7.12 Å². The molecule has 0 aliphatic heterocycles. The Morgan fingerprint density at radius 2 is 1.50 bits per heavy atom. The normalized spacial score (nSPS) is 10.1. The Balaban J connectivity index is 2.10. The summed E-state index contributed by atoms with van der Waals surface area (Å²) < 4.78 is 11.5. The zero-order valence-corrected chi connectivity index (χ0v) is 10.2. The van der Waals surface area contributed by atoms with Crippen LogP contribution in [-0.2, 0) is 4.65 Å². The molecular weight excluding hydrogens is 225 g/mol. The summed E-state index contributed by atoms with van der Waals surface area (Å²) in [5, 5.41) is 0. The summed E-state index contributed by atoms with van der Waals surface area (Å²) >= 11 is 0. The molecule has 0 spiro atoms. The Kier molecular flexibility index (Phi) is 4.82. The van der Waals surface area contributed by atoms with Gasteiger partial charge in [0.15, 0.2) is 0 Å². The number of rotatable bonds is 6. The highest BCUT2D eigenvalue weighted by molar-refractivity contribution is 6.62. The molecule has 92 valence electrons. The van der Waals surface area contributed by atoms with Crippen LogP contribution in [0.1, 0.15) is 0 Å². The fourth-order valence-electron chi connectivity index (χ4n) is 1.61. The topological polar surface area (TPSA) is 44.5 Å². The molecule has 2 aromatic carbocycles. The first-order chi connectivity index (χ1) is 8.90. The molecule has 3 nitrogen and oxygen atoms in total. The lowest BCUT2D eigenvalue weighted by molar-refractivity contribution is 0.284. The maximum absolute atomic E-state index is 5.82. The molecule has 0 aromatic heterocycles. The van der Waals surface area contributed by atoms with Crippen LogP contribution < -0.4 is 15.9 Å². The maximum Gasteiger partial charge on any atom is 0.562 e. The third-order valence-corrected chi connectivity index (χ3v) is 2.45. The van der Waals surface area contributed by atoms with E-state index in [1.165, 1.54) is 0 Å². The van der Waals surface area contributed by atoms with Crippen LogP contribution in [0.25, 0.3) is 0 Å². The second kappa shape index (κ2) is 6.84. The molecule has 2 aromatic rings. The molecular formula is C14H16BNO2. The van der Waals surface area contributed by atoms with E-state index in [9.17, 15) is 0 Å². The molecule has 0 bridgehead atoms. The quantitative estimate of drug-likeness (QED) is 0.778. The zero-order valence-electron chi connectivity index (χ0n) is 10.2. The van der Waals surface area contributed by atoms with Crippen LogP contribution in [0.2, 0.25) is 0 Å². The van der Waals surface area contributed by atoms with Crippen LogP contribution in [0.4, 0.5) is 0 Å². The summed E-state index contributed by atoms with van der Waals surface area (Å²) in [7, 11) is -0.419. The average Bonchev–Trinajstić information content (AvgIpc) is 2.45. The Morgan fingerprint density at radius 3 is 2.11 bits per heavy atom. The van der Waals surface area contributed by atoms with Crippen molar-refractivity contribution < 1.29 is 9.31 Å². The lowest BCUT2D eigenvalue weighted by atomic mass is 9.79. The lowest BCUT2D eigenvalue weighted by Gasteiger charge is -2.15. The summed E-state index contributed by atoms with van der Waals surface area (Å²) in [6, 6.07) is 19.5. The highest BCUT2D eigenvalue weighted by Crippen LogP contribution is 2.10. The van der Waals surface area contributed by atoms with Gasteiger partial charge in [0.05, 0.1) is 0 Å². The molecule has 4 heteroatoms. The molecule has 2 N–H and O–H groups in total. The van der Waals surface area contributed by atoms with Gasteiger partial charge in [-0.3, -0.25) is 0 Å². The van der Waals surface area contributed by atoms with Crippen molar-refractivity contribution in [2.24, 2.45) is 5.73 Å². The lowest BCUT2D eigenvalue weighted by Crippen LogP contribution is -2.40. The van der Waals surface area contributed by atoms with Gasteiger partial charge in [-0.05, 0) is 17.6 Å². The van der Waals surface area contributed by atoms with E-state index in [0.29, 0.717) is 13.2 Å². The van der Waals surface area contributed by atoms with Gasteiger partial charge in [0.25, 0.3) is 0 Å². The van der Waals surface area contributed by atoms with Crippen LogP contribution in [-0.4, -0.2) is 20.3 Å². The Morgan fingerprint density at radius 1 is 0.889 bits per heavy atom. The Bertz CT molecular complexity index is 450. The largest absolute Gasteiger partial charge is 0.562 e. The van der Waals surface area contributed by atoms with Crippen LogP contribution in [0, 0.1) is 0 Å². The van der Waals surface area contributed by atoms with Crippen molar-refractivity contribution in [1.82, 2.24) is 0 Å². The van der Waals surface area contributed by atoms with Crippen molar-refractivity contribution in [3.63, 3.8) is 0 Å².